The van der Waals surface area contributed by atoms with Crippen molar-refractivity contribution in [3.63, 3.8) is 0 Å². The molecule has 0 radical (unpaired) electrons. The first-order valence-corrected chi connectivity index (χ1v) is 13.7. The van der Waals surface area contributed by atoms with E-state index in [0.717, 1.165) is 10.4 Å². The summed E-state index contributed by atoms with van der Waals surface area (Å²) in [5, 5.41) is 18.1. The molecule has 1 amide bonds. The van der Waals surface area contributed by atoms with Gasteiger partial charge in [0.15, 0.2) is 0 Å². The van der Waals surface area contributed by atoms with E-state index in [1.165, 1.54) is 30.3 Å². The number of nitrogens with one attached hydrogen (secondary N) is 4. The Morgan fingerprint density at radius 1 is 1.08 bits per heavy atom. The second-order valence-corrected chi connectivity index (χ2v) is 10.9. The minimum absolute atomic E-state index is 0.0500. The Morgan fingerprint density at radius 3 is 2.43 bits per heavy atom. The summed E-state index contributed by atoms with van der Waals surface area (Å²) < 4.78 is 38.0. The molecule has 3 aromatic rings. The van der Waals surface area contributed by atoms with Crippen molar-refractivity contribution in [1.82, 2.24) is 15.4 Å². The Balaban J connectivity index is 1.57. The summed E-state index contributed by atoms with van der Waals surface area (Å²) in [7, 11) is -3.92. The molecule has 5 N–H and O–H groups in total. The maximum atomic E-state index is 12.6. The van der Waals surface area contributed by atoms with Crippen LogP contribution in [0.15, 0.2) is 76.5 Å². The summed E-state index contributed by atoms with van der Waals surface area (Å²) in [4.78, 5) is 18.2. The molecule has 37 heavy (non-hydrogen) atoms. The van der Waals surface area contributed by atoms with Gasteiger partial charge in [-0.2, -0.15) is 0 Å². The van der Waals surface area contributed by atoms with Crippen LogP contribution >= 0.6 is 11.3 Å². The molecule has 0 saturated heterocycles. The van der Waals surface area contributed by atoms with Crippen LogP contribution in [0.25, 0.3) is 10.4 Å². The summed E-state index contributed by atoms with van der Waals surface area (Å²) in [6.07, 6.45) is 0.0500. The third-order valence-corrected chi connectivity index (χ3v) is 7.65. The van der Waals surface area contributed by atoms with Gasteiger partial charge in [0.2, 0.25) is 10.0 Å². The van der Waals surface area contributed by atoms with Gasteiger partial charge in [0.05, 0.1) is 4.90 Å². The van der Waals surface area contributed by atoms with E-state index in [9.17, 15) is 22.9 Å². The number of hydrogen-bond donors (Lipinski definition) is 5. The summed E-state index contributed by atoms with van der Waals surface area (Å²) in [5.41, 5.74) is 1.59. The monoisotopic (exact) mass is 539 g/mol. The van der Waals surface area contributed by atoms with Crippen molar-refractivity contribution < 1.29 is 22.9 Å². The molecule has 14 heteroatoms. The quantitative estimate of drug-likeness (QED) is 0.142. The standard InChI is InChI=1S/C23H27B2N5O5S2/c1-16(30-37(34,35)19-6-4-3-5-7-19)14-26-22(31)21-13-12-20(36-21)17-8-10-18(11-9-17)28-23(27-15-24-32)29-25(2)33/h3-13,16,30,33H,14-15H2,1-2H3,(H,26,31)(H2,27,28,29). The van der Waals surface area contributed by atoms with Crippen LogP contribution in [-0.4, -0.2) is 58.5 Å². The average molecular weight is 539 g/mol. The summed E-state index contributed by atoms with van der Waals surface area (Å²) in [6.45, 7) is 3.32. The van der Waals surface area contributed by atoms with Gasteiger partial charge in [-0.1, -0.05) is 18.2 Å². The maximum absolute atomic E-state index is 12.6. The van der Waals surface area contributed by atoms with Crippen LogP contribution < -0.4 is 20.7 Å². The normalized spacial score (nSPS) is 12.4. The van der Waals surface area contributed by atoms with Gasteiger partial charge in [0.25, 0.3) is 0 Å². The van der Waals surface area contributed by atoms with Gasteiger partial charge in [0, 0.05) is 12.6 Å². The Labute approximate surface area is 221 Å². The van der Waals surface area contributed by atoms with Gasteiger partial charge < -0.3 is 5.32 Å². The van der Waals surface area contributed by atoms with Crippen LogP contribution in [-0.2, 0) is 14.7 Å². The van der Waals surface area contributed by atoms with Crippen molar-refractivity contribution in [3.8, 4) is 10.4 Å². The van der Waals surface area contributed by atoms with Gasteiger partial charge in [-0.3, -0.25) is 4.79 Å². The van der Waals surface area contributed by atoms with Crippen molar-refractivity contribution in [2.24, 2.45) is 4.90 Å². The summed E-state index contributed by atoms with van der Waals surface area (Å²) >= 11 is 1.32. The van der Waals surface area contributed by atoms with E-state index in [-0.39, 0.29) is 29.8 Å². The molecule has 0 spiro atoms. The van der Waals surface area contributed by atoms with Crippen LogP contribution in [0.5, 0.6) is 0 Å². The molecule has 0 fully saturated rings. The Morgan fingerprint density at radius 2 is 1.78 bits per heavy atom. The number of thiophene rings is 1. The van der Waals surface area contributed by atoms with Crippen molar-refractivity contribution in [2.45, 2.75) is 24.7 Å². The zero-order valence-electron chi connectivity index (χ0n) is 20.3. The fourth-order valence-electron chi connectivity index (χ4n) is 3.22. The van der Waals surface area contributed by atoms with E-state index in [2.05, 4.69) is 25.6 Å². The van der Waals surface area contributed by atoms with Crippen molar-refractivity contribution in [3.05, 3.63) is 71.6 Å². The van der Waals surface area contributed by atoms with Crippen LogP contribution in [0.3, 0.4) is 0 Å². The average Bonchev–Trinajstić information content (AvgIpc) is 3.37. The van der Waals surface area contributed by atoms with E-state index in [1.54, 1.807) is 31.2 Å². The Hall–Kier alpha value is -3.32. The number of hydrogen-bond acceptors (Lipinski definition) is 7. The van der Waals surface area contributed by atoms with Crippen molar-refractivity contribution in [1.29, 1.82) is 0 Å². The molecule has 1 heterocycles. The van der Waals surface area contributed by atoms with Crippen LogP contribution in [0.2, 0.25) is 6.82 Å². The second kappa shape index (κ2) is 13.3. The number of guanidine groups is 1. The minimum atomic E-state index is -3.67. The number of carbonyl (C=O) groups is 1. The Kier molecular flexibility index (Phi) is 10.1. The van der Waals surface area contributed by atoms with Gasteiger partial charge in [-0.05, 0) is 19.1 Å². The SMILES string of the molecule is CB(O)N=C(NCB=O)Nc1ccc(-c2ccc(C(=O)NCC(C)NS(=O)(=O)c3ccccc3)s2)cc1. The molecule has 1 unspecified atom stereocenters. The molecule has 3 rings (SSSR count). The molecule has 10 nitrogen and oxygen atoms in total. The predicted molar refractivity (Wildman–Crippen MR) is 148 cm³/mol. The Bertz CT molecular complexity index is 1330. The third-order valence-electron chi connectivity index (χ3n) is 4.91. The number of rotatable bonds is 11. The summed E-state index contributed by atoms with van der Waals surface area (Å²) in [6, 6.07) is 18.5. The van der Waals surface area contributed by atoms with Crippen molar-refractivity contribution >= 4 is 53.1 Å². The predicted octanol–water partition coefficient (Wildman–Crippen LogP) is 1.99. The van der Waals surface area contributed by atoms with E-state index >= 15 is 0 Å². The number of anilines is 1. The molecule has 192 valence electrons. The fraction of sp³-hybridized carbons (Fsp3) is 0.217. The molecule has 0 aliphatic carbocycles. The first-order valence-electron chi connectivity index (χ1n) is 11.4. The van der Waals surface area contributed by atoms with Crippen LogP contribution in [0, 0.1) is 0 Å². The molecular weight excluding hydrogens is 512 g/mol. The van der Waals surface area contributed by atoms with Gasteiger partial charge >= 0.3 is 133 Å². The number of benzene rings is 2. The van der Waals surface area contributed by atoms with E-state index in [4.69, 9.17) is 0 Å². The van der Waals surface area contributed by atoms with Gasteiger partial charge in [-0.25, -0.2) is 13.1 Å². The topological polar surface area (TPSA) is 149 Å². The van der Waals surface area contributed by atoms with Crippen molar-refractivity contribution in [2.75, 3.05) is 18.3 Å². The summed E-state index contributed by atoms with van der Waals surface area (Å²) in [5.74, 6) is -0.0225. The second-order valence-electron chi connectivity index (χ2n) is 8.07. The van der Waals surface area contributed by atoms with E-state index in [0.29, 0.717) is 17.7 Å². The molecular formula is C23H27B2N5O5S2. The number of amides is 1. The molecule has 0 saturated carbocycles. The van der Waals surface area contributed by atoms with Gasteiger partial charge in [0.1, 0.15) is 0 Å². The van der Waals surface area contributed by atoms with E-state index in [1.807, 2.05) is 30.3 Å². The van der Waals surface area contributed by atoms with Crippen LogP contribution in [0.1, 0.15) is 16.6 Å². The zero-order valence-corrected chi connectivity index (χ0v) is 22.0. The number of nitrogens with zero attached hydrogens (tertiary/aromatic N) is 1. The van der Waals surface area contributed by atoms with Gasteiger partial charge in [-0.15, -0.1) is 0 Å². The first-order chi connectivity index (χ1) is 17.7. The fourth-order valence-corrected chi connectivity index (χ4v) is 5.42. The molecule has 1 aromatic heterocycles. The zero-order chi connectivity index (χ0) is 26.8. The first kappa shape index (κ1) is 28.3. The molecule has 0 aliphatic heterocycles. The molecule has 1 atom stereocenters. The molecule has 0 bridgehead atoms. The van der Waals surface area contributed by atoms with E-state index < -0.39 is 23.1 Å². The van der Waals surface area contributed by atoms with Crippen LogP contribution in [0.4, 0.5) is 5.69 Å². The number of carbonyl (C=O) groups excluding carboxylic acids is 1. The molecule has 0 aliphatic rings. The third kappa shape index (κ3) is 8.64. The molecule has 2 aromatic carbocycles. The number of sulfonamides is 1.